The Labute approximate surface area is 121 Å². The van der Waals surface area contributed by atoms with E-state index in [9.17, 15) is 0 Å². The van der Waals surface area contributed by atoms with E-state index >= 15 is 0 Å². The number of aromatic nitrogens is 1. The number of thiazole rings is 1. The summed E-state index contributed by atoms with van der Waals surface area (Å²) in [5, 5.41) is 5.25. The maximum atomic E-state index is 5.89. The molecule has 1 aromatic heterocycles. The molecule has 2 aromatic rings. The lowest BCUT2D eigenvalue weighted by atomic mass is 10.0. The Kier molecular flexibility index (Phi) is 5.01. The predicted molar refractivity (Wildman–Crippen MR) is 78.4 cm³/mol. The lowest BCUT2D eigenvalue weighted by Crippen LogP contribution is -2.20. The summed E-state index contributed by atoms with van der Waals surface area (Å²) in [5.74, 6) is 0. The summed E-state index contributed by atoms with van der Waals surface area (Å²) in [6.45, 7) is 2.89. The summed E-state index contributed by atoms with van der Waals surface area (Å²) in [6.07, 6.45) is 2.70. The quantitative estimate of drug-likeness (QED) is 0.866. The Hall–Kier alpha value is -0.610. The number of rotatable bonds is 5. The van der Waals surface area contributed by atoms with Crippen LogP contribution in [0.2, 0.25) is 9.36 Å². The van der Waals surface area contributed by atoms with Gasteiger partial charge in [0.2, 0.25) is 0 Å². The standard InChI is InChI=1S/C13H14Cl2N2S/c1-2-11(9-3-5-10(14)6-4-9)16-8-13-17-7-12(15)18-13/h3-7,11,16H,2,8H2,1H3. The number of benzene rings is 1. The monoisotopic (exact) mass is 300 g/mol. The topological polar surface area (TPSA) is 24.9 Å². The van der Waals surface area contributed by atoms with Crippen molar-refractivity contribution in [2.45, 2.75) is 25.9 Å². The molecule has 18 heavy (non-hydrogen) atoms. The van der Waals surface area contributed by atoms with Crippen LogP contribution in [0.5, 0.6) is 0 Å². The summed E-state index contributed by atoms with van der Waals surface area (Å²) < 4.78 is 0.728. The van der Waals surface area contributed by atoms with Crippen molar-refractivity contribution in [2.24, 2.45) is 0 Å². The molecule has 0 bridgehead atoms. The van der Waals surface area contributed by atoms with Gasteiger partial charge in [-0.25, -0.2) is 4.98 Å². The van der Waals surface area contributed by atoms with Crippen molar-refractivity contribution in [1.82, 2.24) is 10.3 Å². The van der Waals surface area contributed by atoms with Crippen LogP contribution in [-0.4, -0.2) is 4.98 Å². The molecule has 96 valence electrons. The van der Waals surface area contributed by atoms with E-state index in [-0.39, 0.29) is 0 Å². The average Bonchev–Trinajstić information content (AvgIpc) is 2.78. The van der Waals surface area contributed by atoms with E-state index in [1.54, 1.807) is 6.20 Å². The fourth-order valence-corrected chi connectivity index (χ4v) is 2.81. The highest BCUT2D eigenvalue weighted by molar-refractivity contribution is 7.15. The van der Waals surface area contributed by atoms with Crippen molar-refractivity contribution < 1.29 is 0 Å². The molecule has 0 aliphatic carbocycles. The van der Waals surface area contributed by atoms with E-state index in [0.29, 0.717) is 6.04 Å². The van der Waals surface area contributed by atoms with Crippen LogP contribution in [0.25, 0.3) is 0 Å². The van der Waals surface area contributed by atoms with Crippen molar-refractivity contribution >= 4 is 34.5 Å². The van der Waals surface area contributed by atoms with Crippen LogP contribution in [0.1, 0.15) is 30.0 Å². The number of nitrogens with one attached hydrogen (secondary N) is 1. The largest absolute Gasteiger partial charge is 0.304 e. The first kappa shape index (κ1) is 13.8. The molecule has 0 saturated carbocycles. The molecule has 0 spiro atoms. The third-order valence-electron chi connectivity index (χ3n) is 2.71. The summed E-state index contributed by atoms with van der Waals surface area (Å²) in [7, 11) is 0. The van der Waals surface area contributed by atoms with Crippen molar-refractivity contribution in [1.29, 1.82) is 0 Å². The zero-order valence-corrected chi connectivity index (χ0v) is 12.3. The second kappa shape index (κ2) is 6.53. The van der Waals surface area contributed by atoms with Gasteiger partial charge in [0.05, 0.1) is 6.20 Å². The number of hydrogen-bond acceptors (Lipinski definition) is 3. The molecule has 0 saturated heterocycles. The molecular weight excluding hydrogens is 287 g/mol. The zero-order chi connectivity index (χ0) is 13.0. The van der Waals surface area contributed by atoms with Gasteiger partial charge >= 0.3 is 0 Å². The van der Waals surface area contributed by atoms with Crippen molar-refractivity contribution in [2.75, 3.05) is 0 Å². The zero-order valence-electron chi connectivity index (χ0n) is 9.99. The van der Waals surface area contributed by atoms with Crippen molar-refractivity contribution in [3.63, 3.8) is 0 Å². The molecule has 0 aliphatic heterocycles. The molecule has 1 unspecified atom stereocenters. The third-order valence-corrected chi connectivity index (χ3v) is 4.07. The number of halogens is 2. The van der Waals surface area contributed by atoms with E-state index in [2.05, 4.69) is 29.4 Å². The molecule has 0 aliphatic rings. The maximum absolute atomic E-state index is 5.89. The minimum atomic E-state index is 0.310. The molecule has 1 heterocycles. The van der Waals surface area contributed by atoms with Crippen LogP contribution in [0.3, 0.4) is 0 Å². The Bertz CT molecular complexity index is 496. The first-order valence-electron chi connectivity index (χ1n) is 5.78. The molecule has 5 heteroatoms. The molecule has 0 fully saturated rings. The van der Waals surface area contributed by atoms with Crippen LogP contribution < -0.4 is 5.32 Å². The fourth-order valence-electron chi connectivity index (χ4n) is 1.77. The first-order chi connectivity index (χ1) is 8.69. The van der Waals surface area contributed by atoms with Gasteiger partial charge in [0.15, 0.2) is 0 Å². The third kappa shape index (κ3) is 3.69. The van der Waals surface area contributed by atoms with Gasteiger partial charge in [-0.2, -0.15) is 0 Å². The molecule has 2 nitrogen and oxygen atoms in total. The first-order valence-corrected chi connectivity index (χ1v) is 7.35. The summed E-state index contributed by atoms with van der Waals surface area (Å²) in [6, 6.07) is 8.25. The Balaban J connectivity index is 1.99. The highest BCUT2D eigenvalue weighted by atomic mass is 35.5. The second-order valence-electron chi connectivity index (χ2n) is 3.95. The Morgan fingerprint density at radius 1 is 1.28 bits per heavy atom. The minimum Gasteiger partial charge on any atom is -0.304 e. The van der Waals surface area contributed by atoms with Gasteiger partial charge < -0.3 is 5.32 Å². The molecule has 1 N–H and O–H groups in total. The van der Waals surface area contributed by atoms with Crippen LogP contribution >= 0.6 is 34.5 Å². The van der Waals surface area contributed by atoms with Gasteiger partial charge in [0.1, 0.15) is 9.34 Å². The van der Waals surface area contributed by atoms with Crippen molar-refractivity contribution in [3.8, 4) is 0 Å². The van der Waals surface area contributed by atoms with Gasteiger partial charge in [-0.05, 0) is 24.1 Å². The van der Waals surface area contributed by atoms with Crippen LogP contribution in [0.15, 0.2) is 30.5 Å². The van der Waals surface area contributed by atoms with Gasteiger partial charge in [-0.15, -0.1) is 11.3 Å². The van der Waals surface area contributed by atoms with E-state index < -0.39 is 0 Å². The summed E-state index contributed by atoms with van der Waals surface area (Å²) in [5.41, 5.74) is 1.24. The van der Waals surface area contributed by atoms with E-state index in [1.165, 1.54) is 16.9 Å². The minimum absolute atomic E-state index is 0.310. The lowest BCUT2D eigenvalue weighted by molar-refractivity contribution is 0.518. The summed E-state index contributed by atoms with van der Waals surface area (Å²) >= 11 is 13.3. The van der Waals surface area contributed by atoms with E-state index in [0.717, 1.165) is 27.3 Å². The SMILES string of the molecule is CCC(NCc1ncc(Cl)s1)c1ccc(Cl)cc1. The molecule has 1 atom stereocenters. The highest BCUT2D eigenvalue weighted by Gasteiger charge is 2.09. The highest BCUT2D eigenvalue weighted by Crippen LogP contribution is 2.22. The molecule has 0 amide bonds. The predicted octanol–water partition coefficient (Wildman–Crippen LogP) is 4.69. The second-order valence-corrected chi connectivity index (χ2v) is 6.13. The van der Waals surface area contributed by atoms with Crippen LogP contribution in [-0.2, 0) is 6.54 Å². The van der Waals surface area contributed by atoms with E-state index in [4.69, 9.17) is 23.2 Å². The van der Waals surface area contributed by atoms with Crippen LogP contribution in [0.4, 0.5) is 0 Å². The average molecular weight is 301 g/mol. The van der Waals surface area contributed by atoms with Gasteiger partial charge in [0.25, 0.3) is 0 Å². The van der Waals surface area contributed by atoms with Gasteiger partial charge in [-0.1, -0.05) is 42.3 Å². The molecule has 1 aromatic carbocycles. The molecular formula is C13H14Cl2N2S. The maximum Gasteiger partial charge on any atom is 0.113 e. The van der Waals surface area contributed by atoms with Gasteiger partial charge in [0, 0.05) is 17.6 Å². The number of nitrogens with zero attached hydrogens (tertiary/aromatic N) is 1. The van der Waals surface area contributed by atoms with E-state index in [1.807, 2.05) is 12.1 Å². The smallest absolute Gasteiger partial charge is 0.113 e. The lowest BCUT2D eigenvalue weighted by Gasteiger charge is -2.16. The summed E-state index contributed by atoms with van der Waals surface area (Å²) in [4.78, 5) is 4.23. The molecule has 2 rings (SSSR count). The normalized spacial score (nSPS) is 12.6. The Morgan fingerprint density at radius 2 is 2.00 bits per heavy atom. The Morgan fingerprint density at radius 3 is 2.56 bits per heavy atom. The van der Waals surface area contributed by atoms with Crippen molar-refractivity contribution in [3.05, 3.63) is 50.4 Å². The number of hydrogen-bond donors (Lipinski definition) is 1. The van der Waals surface area contributed by atoms with Crippen LogP contribution in [0, 0.1) is 0 Å². The molecule has 0 radical (unpaired) electrons. The van der Waals surface area contributed by atoms with Gasteiger partial charge in [-0.3, -0.25) is 0 Å². The fraction of sp³-hybridized carbons (Fsp3) is 0.308.